The Balaban J connectivity index is 1.75. The number of benzene rings is 1. The van der Waals surface area contributed by atoms with E-state index in [9.17, 15) is 12.8 Å². The Hall–Kier alpha value is -0.940. The monoisotopic (exact) mass is 297 g/mol. The highest BCUT2D eigenvalue weighted by Gasteiger charge is 2.39. The molecule has 0 amide bonds. The molecule has 2 aliphatic rings. The molecule has 3 rings (SSSR count). The molecule has 110 valence electrons. The van der Waals surface area contributed by atoms with Gasteiger partial charge in [0.15, 0.2) is 0 Å². The van der Waals surface area contributed by atoms with Crippen LogP contribution in [-0.4, -0.2) is 25.8 Å². The molecule has 0 N–H and O–H groups in total. The smallest absolute Gasteiger partial charge is 0.207 e. The summed E-state index contributed by atoms with van der Waals surface area (Å²) >= 11 is 0. The van der Waals surface area contributed by atoms with Crippen molar-refractivity contribution >= 4 is 10.0 Å². The van der Waals surface area contributed by atoms with Crippen LogP contribution in [-0.2, 0) is 10.0 Å². The van der Waals surface area contributed by atoms with Gasteiger partial charge in [0.25, 0.3) is 0 Å². The van der Waals surface area contributed by atoms with Gasteiger partial charge in [0, 0.05) is 13.1 Å². The summed E-state index contributed by atoms with van der Waals surface area (Å²) in [6, 6.07) is 5.11. The lowest BCUT2D eigenvalue weighted by atomic mass is 9.78. The van der Waals surface area contributed by atoms with Gasteiger partial charge in [0.2, 0.25) is 10.0 Å². The van der Waals surface area contributed by atoms with Crippen molar-refractivity contribution in [3.05, 3.63) is 30.1 Å². The van der Waals surface area contributed by atoms with Crippen LogP contribution in [0.15, 0.2) is 29.2 Å². The first kappa shape index (κ1) is 14.0. The van der Waals surface area contributed by atoms with E-state index in [0.29, 0.717) is 18.5 Å². The summed E-state index contributed by atoms with van der Waals surface area (Å²) < 4.78 is 39.5. The van der Waals surface area contributed by atoms with Gasteiger partial charge in [-0.25, -0.2) is 12.8 Å². The molecule has 0 bridgehead atoms. The molecule has 0 radical (unpaired) electrons. The van der Waals surface area contributed by atoms with E-state index < -0.39 is 15.8 Å². The predicted molar refractivity (Wildman–Crippen MR) is 75.3 cm³/mol. The zero-order valence-corrected chi connectivity index (χ0v) is 12.3. The number of hydrogen-bond acceptors (Lipinski definition) is 2. The summed E-state index contributed by atoms with van der Waals surface area (Å²) in [6.45, 7) is 1.19. The molecule has 0 unspecified atom stereocenters. The highest BCUT2D eigenvalue weighted by Crippen LogP contribution is 2.46. The number of rotatable bonds is 2. The number of halogens is 1. The van der Waals surface area contributed by atoms with Crippen molar-refractivity contribution in [3.63, 3.8) is 0 Å². The number of nitrogens with zero attached hydrogens (tertiary/aromatic N) is 1. The minimum atomic E-state index is -3.46. The quantitative estimate of drug-likeness (QED) is 0.841. The lowest BCUT2D eigenvalue weighted by molar-refractivity contribution is 0.160. The minimum Gasteiger partial charge on any atom is -0.207 e. The Morgan fingerprint density at radius 1 is 0.950 bits per heavy atom. The van der Waals surface area contributed by atoms with E-state index in [-0.39, 0.29) is 4.90 Å². The Labute approximate surface area is 119 Å². The fourth-order valence-electron chi connectivity index (χ4n) is 3.58. The molecule has 20 heavy (non-hydrogen) atoms. The Bertz CT molecular complexity index is 566. The number of piperidine rings is 1. The van der Waals surface area contributed by atoms with Gasteiger partial charge in [-0.15, -0.1) is 0 Å². The van der Waals surface area contributed by atoms with Gasteiger partial charge in [-0.3, -0.25) is 0 Å². The standard InChI is InChI=1S/C15H20FNO2S/c16-13-3-5-14(6-4-13)20(18,19)17-11-9-15(10-12-17)7-1-2-8-15/h3-6H,1-2,7-12H2. The summed E-state index contributed by atoms with van der Waals surface area (Å²) in [4.78, 5) is 0.196. The minimum absolute atomic E-state index is 0.196. The van der Waals surface area contributed by atoms with Crippen LogP contribution >= 0.6 is 0 Å². The largest absolute Gasteiger partial charge is 0.243 e. The van der Waals surface area contributed by atoms with Crippen LogP contribution in [0.25, 0.3) is 0 Å². The highest BCUT2D eigenvalue weighted by atomic mass is 32.2. The molecule has 1 aliphatic heterocycles. The lowest BCUT2D eigenvalue weighted by Crippen LogP contribution is -2.42. The van der Waals surface area contributed by atoms with Crippen molar-refractivity contribution in [2.75, 3.05) is 13.1 Å². The average molecular weight is 297 g/mol. The molecule has 1 spiro atoms. The topological polar surface area (TPSA) is 37.4 Å². The van der Waals surface area contributed by atoms with Gasteiger partial charge in [-0.05, 0) is 55.4 Å². The Kier molecular flexibility index (Phi) is 3.58. The molecule has 5 heteroatoms. The first-order valence-corrected chi connectivity index (χ1v) is 8.72. The lowest BCUT2D eigenvalue weighted by Gasteiger charge is -2.38. The van der Waals surface area contributed by atoms with Gasteiger partial charge in [0.1, 0.15) is 5.82 Å². The maximum absolute atomic E-state index is 12.9. The van der Waals surface area contributed by atoms with Crippen LogP contribution in [0.1, 0.15) is 38.5 Å². The Morgan fingerprint density at radius 2 is 1.50 bits per heavy atom. The summed E-state index contributed by atoms with van der Waals surface area (Å²) in [7, 11) is -3.46. The first-order valence-electron chi connectivity index (χ1n) is 7.28. The molecule has 1 saturated carbocycles. The summed E-state index contributed by atoms with van der Waals surface area (Å²) in [5, 5.41) is 0. The molecule has 1 heterocycles. The Morgan fingerprint density at radius 3 is 2.05 bits per heavy atom. The van der Waals surface area contributed by atoms with Crippen LogP contribution in [0.5, 0.6) is 0 Å². The second-order valence-corrected chi connectivity index (χ2v) is 8.00. The zero-order valence-electron chi connectivity index (χ0n) is 11.5. The van der Waals surface area contributed by atoms with E-state index in [1.807, 2.05) is 0 Å². The molecule has 1 aromatic carbocycles. The fraction of sp³-hybridized carbons (Fsp3) is 0.600. The average Bonchev–Trinajstić information content (AvgIpc) is 2.88. The molecule has 0 aromatic heterocycles. The van der Waals surface area contributed by atoms with Crippen molar-refractivity contribution < 1.29 is 12.8 Å². The fourth-order valence-corrected chi connectivity index (χ4v) is 5.02. The van der Waals surface area contributed by atoms with Crippen molar-refractivity contribution in [2.45, 2.75) is 43.4 Å². The summed E-state index contributed by atoms with van der Waals surface area (Å²) in [5.74, 6) is -0.410. The molecular weight excluding hydrogens is 277 g/mol. The van der Waals surface area contributed by atoms with Crippen LogP contribution < -0.4 is 0 Å². The first-order chi connectivity index (χ1) is 9.52. The molecular formula is C15H20FNO2S. The van der Waals surface area contributed by atoms with Crippen LogP contribution in [0.3, 0.4) is 0 Å². The third kappa shape index (κ3) is 2.49. The zero-order chi connectivity index (χ0) is 14.2. The van der Waals surface area contributed by atoms with E-state index in [0.717, 1.165) is 12.8 Å². The van der Waals surface area contributed by atoms with E-state index in [1.165, 1.54) is 49.9 Å². The molecule has 1 aromatic rings. The van der Waals surface area contributed by atoms with Crippen LogP contribution in [0, 0.1) is 11.2 Å². The van der Waals surface area contributed by atoms with Gasteiger partial charge < -0.3 is 0 Å². The third-order valence-corrected chi connectivity index (χ3v) is 6.81. The van der Waals surface area contributed by atoms with Gasteiger partial charge in [-0.1, -0.05) is 12.8 Å². The molecule has 3 nitrogen and oxygen atoms in total. The van der Waals surface area contributed by atoms with E-state index >= 15 is 0 Å². The van der Waals surface area contributed by atoms with Crippen LogP contribution in [0.2, 0.25) is 0 Å². The maximum atomic E-state index is 12.9. The van der Waals surface area contributed by atoms with Gasteiger partial charge in [0.05, 0.1) is 4.90 Å². The highest BCUT2D eigenvalue weighted by molar-refractivity contribution is 7.89. The second-order valence-electron chi connectivity index (χ2n) is 6.07. The van der Waals surface area contributed by atoms with Crippen molar-refractivity contribution in [1.82, 2.24) is 4.31 Å². The normalized spacial score (nSPS) is 23.2. The predicted octanol–water partition coefficient (Wildman–Crippen LogP) is 3.17. The number of sulfonamides is 1. The van der Waals surface area contributed by atoms with Gasteiger partial charge in [-0.2, -0.15) is 4.31 Å². The second kappa shape index (κ2) is 5.11. The van der Waals surface area contributed by atoms with E-state index in [4.69, 9.17) is 0 Å². The number of hydrogen-bond donors (Lipinski definition) is 0. The van der Waals surface area contributed by atoms with Crippen molar-refractivity contribution in [2.24, 2.45) is 5.41 Å². The van der Waals surface area contributed by atoms with Crippen molar-refractivity contribution in [1.29, 1.82) is 0 Å². The molecule has 0 atom stereocenters. The molecule has 1 saturated heterocycles. The van der Waals surface area contributed by atoms with Crippen LogP contribution in [0.4, 0.5) is 4.39 Å². The molecule has 1 aliphatic carbocycles. The SMILES string of the molecule is O=S(=O)(c1ccc(F)cc1)N1CCC2(CCCC2)CC1. The summed E-state index contributed by atoms with van der Waals surface area (Å²) in [6.07, 6.45) is 6.99. The van der Waals surface area contributed by atoms with E-state index in [1.54, 1.807) is 4.31 Å². The third-order valence-electron chi connectivity index (χ3n) is 4.90. The van der Waals surface area contributed by atoms with Crippen molar-refractivity contribution in [3.8, 4) is 0 Å². The summed E-state index contributed by atoms with van der Waals surface area (Å²) in [5.41, 5.74) is 0.398. The van der Waals surface area contributed by atoms with Gasteiger partial charge >= 0.3 is 0 Å². The maximum Gasteiger partial charge on any atom is 0.243 e. The van der Waals surface area contributed by atoms with E-state index in [2.05, 4.69) is 0 Å². The molecule has 2 fully saturated rings.